The average molecular weight is 173 g/mol. The van der Waals surface area contributed by atoms with Crippen molar-refractivity contribution in [2.24, 2.45) is 4.99 Å². The number of hydrogen-bond donors (Lipinski definition) is 0. The second-order valence-electron chi connectivity index (χ2n) is 3.00. The molecule has 1 aliphatic heterocycles. The number of nitrogens with zero attached hydrogens (tertiary/aromatic N) is 1. The van der Waals surface area contributed by atoms with Crippen LogP contribution in [-0.2, 0) is 4.74 Å². The standard InChI is InChI=1S/C11H11NO/c1-9-12-11-7-5-3-2-4-6-10(11)8-13-9/h6-7H,4-5,8H2,1H3/b10-6-,11-7+. The molecule has 1 aliphatic carbocycles. The molecule has 2 nitrogen and oxygen atoms in total. The Hall–Kier alpha value is -1.49. The van der Waals surface area contributed by atoms with Crippen molar-refractivity contribution in [1.29, 1.82) is 0 Å². The predicted molar refractivity (Wildman–Crippen MR) is 52.2 cm³/mol. The van der Waals surface area contributed by atoms with Crippen molar-refractivity contribution in [2.75, 3.05) is 6.61 Å². The van der Waals surface area contributed by atoms with E-state index in [0.717, 1.165) is 24.4 Å². The summed E-state index contributed by atoms with van der Waals surface area (Å²) in [6.07, 6.45) is 5.76. The van der Waals surface area contributed by atoms with Gasteiger partial charge < -0.3 is 4.74 Å². The minimum Gasteiger partial charge on any atom is -0.476 e. The first-order chi connectivity index (χ1) is 6.36. The second kappa shape index (κ2) is 3.49. The molecule has 1 heterocycles. The number of aliphatic imine (C=N–C) groups is 1. The van der Waals surface area contributed by atoms with Crippen LogP contribution in [0.15, 0.2) is 28.4 Å². The number of hydrogen-bond acceptors (Lipinski definition) is 2. The Balaban J connectivity index is 2.36. The number of ether oxygens (including phenoxy) is 1. The molecule has 0 aromatic rings. The summed E-state index contributed by atoms with van der Waals surface area (Å²) in [7, 11) is 0. The highest BCUT2D eigenvalue weighted by atomic mass is 16.5. The molecule has 0 radical (unpaired) electrons. The van der Waals surface area contributed by atoms with Gasteiger partial charge in [-0.25, -0.2) is 4.99 Å². The molecule has 66 valence electrons. The minimum atomic E-state index is 0.642. The normalized spacial score (nSPS) is 28.2. The van der Waals surface area contributed by atoms with Gasteiger partial charge in [0.1, 0.15) is 6.61 Å². The number of fused-ring (bicyclic) bond motifs is 1. The van der Waals surface area contributed by atoms with E-state index in [1.807, 2.05) is 6.92 Å². The van der Waals surface area contributed by atoms with Crippen LogP contribution in [0.4, 0.5) is 0 Å². The van der Waals surface area contributed by atoms with Gasteiger partial charge in [0, 0.05) is 25.3 Å². The molecule has 0 aromatic heterocycles. The van der Waals surface area contributed by atoms with E-state index < -0.39 is 0 Å². The van der Waals surface area contributed by atoms with E-state index in [0.29, 0.717) is 6.61 Å². The zero-order chi connectivity index (χ0) is 9.10. The van der Waals surface area contributed by atoms with Gasteiger partial charge >= 0.3 is 0 Å². The van der Waals surface area contributed by atoms with Gasteiger partial charge in [-0.2, -0.15) is 0 Å². The lowest BCUT2D eigenvalue weighted by Crippen LogP contribution is -2.12. The molecule has 0 saturated carbocycles. The fourth-order valence-electron chi connectivity index (χ4n) is 1.34. The fourth-order valence-corrected chi connectivity index (χ4v) is 1.34. The van der Waals surface area contributed by atoms with Crippen molar-refractivity contribution in [1.82, 2.24) is 0 Å². The van der Waals surface area contributed by atoms with Crippen molar-refractivity contribution in [3.63, 3.8) is 0 Å². The summed E-state index contributed by atoms with van der Waals surface area (Å²) < 4.78 is 5.34. The molecule has 0 amide bonds. The van der Waals surface area contributed by atoms with Gasteiger partial charge in [-0.1, -0.05) is 17.9 Å². The van der Waals surface area contributed by atoms with Crippen LogP contribution in [0.2, 0.25) is 0 Å². The number of allylic oxidation sites excluding steroid dienone is 2. The highest BCUT2D eigenvalue weighted by Crippen LogP contribution is 2.19. The highest BCUT2D eigenvalue weighted by molar-refractivity contribution is 5.76. The van der Waals surface area contributed by atoms with Crippen molar-refractivity contribution >= 4 is 5.90 Å². The summed E-state index contributed by atoms with van der Waals surface area (Å²) in [5.74, 6) is 6.86. The molecule has 0 N–H and O–H groups in total. The molecule has 0 aromatic carbocycles. The maximum absolute atomic E-state index is 5.34. The van der Waals surface area contributed by atoms with Crippen LogP contribution in [0, 0.1) is 11.8 Å². The van der Waals surface area contributed by atoms with Gasteiger partial charge in [0.2, 0.25) is 0 Å². The second-order valence-corrected chi connectivity index (χ2v) is 3.00. The van der Waals surface area contributed by atoms with Crippen LogP contribution in [-0.4, -0.2) is 12.5 Å². The molecule has 2 aliphatic rings. The van der Waals surface area contributed by atoms with Crippen LogP contribution < -0.4 is 0 Å². The SMILES string of the molecule is CC1=NC2=C/CC#CC/C=C\2CO1. The molecule has 0 spiro atoms. The first-order valence-corrected chi connectivity index (χ1v) is 4.39. The monoisotopic (exact) mass is 173 g/mol. The molecular weight excluding hydrogens is 162 g/mol. The molecular formula is C11H11NO. The van der Waals surface area contributed by atoms with Gasteiger partial charge in [-0.15, -0.1) is 0 Å². The van der Waals surface area contributed by atoms with E-state index >= 15 is 0 Å². The predicted octanol–water partition coefficient (Wildman–Crippen LogP) is 2.04. The summed E-state index contributed by atoms with van der Waals surface area (Å²) >= 11 is 0. The first kappa shape index (κ1) is 8.12. The Bertz CT molecular complexity index is 363. The summed E-state index contributed by atoms with van der Waals surface area (Å²) in [5, 5.41) is 0. The van der Waals surface area contributed by atoms with Crippen LogP contribution in [0.1, 0.15) is 19.8 Å². The average Bonchev–Trinajstić information content (AvgIpc) is 2.08. The van der Waals surface area contributed by atoms with Gasteiger partial charge in [-0.3, -0.25) is 0 Å². The van der Waals surface area contributed by atoms with Crippen molar-refractivity contribution < 1.29 is 4.74 Å². The molecule has 2 rings (SSSR count). The fraction of sp³-hybridized carbons (Fsp3) is 0.364. The first-order valence-electron chi connectivity index (χ1n) is 4.39. The van der Waals surface area contributed by atoms with Gasteiger partial charge in [-0.05, 0) is 6.08 Å². The zero-order valence-corrected chi connectivity index (χ0v) is 7.63. The third-order valence-electron chi connectivity index (χ3n) is 2.02. The molecule has 13 heavy (non-hydrogen) atoms. The largest absolute Gasteiger partial charge is 0.476 e. The molecule has 0 unspecified atom stereocenters. The molecule has 2 heteroatoms. The van der Waals surface area contributed by atoms with Crippen LogP contribution in [0.3, 0.4) is 0 Å². The Kier molecular flexibility index (Phi) is 2.18. The van der Waals surface area contributed by atoms with E-state index in [-0.39, 0.29) is 0 Å². The van der Waals surface area contributed by atoms with Crippen molar-refractivity contribution in [2.45, 2.75) is 19.8 Å². The molecule has 0 bridgehead atoms. The molecule has 0 saturated heterocycles. The zero-order valence-electron chi connectivity index (χ0n) is 7.63. The van der Waals surface area contributed by atoms with E-state index in [4.69, 9.17) is 4.74 Å². The maximum Gasteiger partial charge on any atom is 0.185 e. The van der Waals surface area contributed by atoms with E-state index in [9.17, 15) is 0 Å². The van der Waals surface area contributed by atoms with Gasteiger partial charge in [0.15, 0.2) is 5.90 Å². The van der Waals surface area contributed by atoms with Gasteiger partial charge in [0.25, 0.3) is 0 Å². The van der Waals surface area contributed by atoms with E-state index in [1.54, 1.807) is 0 Å². The van der Waals surface area contributed by atoms with E-state index in [2.05, 4.69) is 29.0 Å². The Labute approximate surface area is 78.0 Å². The summed E-state index contributed by atoms with van der Waals surface area (Å²) in [6, 6.07) is 0. The number of rotatable bonds is 0. The summed E-state index contributed by atoms with van der Waals surface area (Å²) in [5.41, 5.74) is 2.21. The highest BCUT2D eigenvalue weighted by Gasteiger charge is 2.11. The molecule has 0 atom stereocenters. The smallest absolute Gasteiger partial charge is 0.185 e. The summed E-state index contributed by atoms with van der Waals surface area (Å²) in [6.45, 7) is 2.52. The quantitative estimate of drug-likeness (QED) is 0.514. The van der Waals surface area contributed by atoms with Crippen LogP contribution in [0.5, 0.6) is 0 Å². The topological polar surface area (TPSA) is 21.6 Å². The van der Waals surface area contributed by atoms with E-state index in [1.165, 1.54) is 5.57 Å². The third kappa shape index (κ3) is 1.81. The van der Waals surface area contributed by atoms with Crippen LogP contribution >= 0.6 is 0 Å². The lowest BCUT2D eigenvalue weighted by Gasteiger charge is -2.16. The summed E-state index contributed by atoms with van der Waals surface area (Å²) in [4.78, 5) is 4.33. The van der Waals surface area contributed by atoms with Crippen molar-refractivity contribution in [3.05, 3.63) is 23.4 Å². The third-order valence-corrected chi connectivity index (χ3v) is 2.02. The molecule has 0 fully saturated rings. The lowest BCUT2D eigenvalue weighted by atomic mass is 10.1. The van der Waals surface area contributed by atoms with Crippen LogP contribution in [0.25, 0.3) is 0 Å². The maximum atomic E-state index is 5.34. The van der Waals surface area contributed by atoms with Gasteiger partial charge in [0.05, 0.1) is 5.70 Å². The minimum absolute atomic E-state index is 0.642. The lowest BCUT2D eigenvalue weighted by molar-refractivity contribution is 0.328. The Morgan fingerprint density at radius 3 is 2.92 bits per heavy atom. The van der Waals surface area contributed by atoms with Crippen molar-refractivity contribution in [3.8, 4) is 11.8 Å². The Morgan fingerprint density at radius 1 is 1.31 bits per heavy atom. The Morgan fingerprint density at radius 2 is 2.08 bits per heavy atom.